The Hall–Kier alpha value is -2.38. The lowest BCUT2D eigenvalue weighted by molar-refractivity contribution is -0.150. The normalized spacial score (nSPS) is 19.5. The number of amides is 2. The fraction of sp³-hybridized carbons (Fsp3) is 0.571. The number of likely N-dealkylation sites (tertiary alicyclic amines) is 1. The number of carbonyl (C=O) groups is 3. The molecule has 0 saturated carbocycles. The lowest BCUT2D eigenvalue weighted by atomic mass is 10.0. The van der Waals surface area contributed by atoms with Crippen LogP contribution in [-0.4, -0.2) is 56.0 Å². The van der Waals surface area contributed by atoms with Gasteiger partial charge in [-0.05, 0) is 12.3 Å². The number of nitrogens with one attached hydrogen (secondary N) is 1. The minimum atomic E-state index is -1.03. The zero-order chi connectivity index (χ0) is 16.4. The number of carbonyl (C=O) groups excluding carboxylic acids is 2. The van der Waals surface area contributed by atoms with E-state index in [-0.39, 0.29) is 17.5 Å². The van der Waals surface area contributed by atoms with E-state index in [1.165, 1.54) is 11.2 Å². The van der Waals surface area contributed by atoms with Gasteiger partial charge < -0.3 is 19.9 Å². The van der Waals surface area contributed by atoms with E-state index in [0.29, 0.717) is 13.0 Å². The van der Waals surface area contributed by atoms with Crippen molar-refractivity contribution < 1.29 is 19.5 Å². The van der Waals surface area contributed by atoms with Gasteiger partial charge in [-0.3, -0.25) is 9.59 Å². The van der Waals surface area contributed by atoms with Gasteiger partial charge in [-0.2, -0.15) is 0 Å². The number of imidazole rings is 1. The highest BCUT2D eigenvalue weighted by atomic mass is 16.4. The predicted molar refractivity (Wildman–Crippen MR) is 77.1 cm³/mol. The molecule has 0 bridgehead atoms. The van der Waals surface area contributed by atoms with Gasteiger partial charge in [0.05, 0.1) is 6.33 Å². The summed E-state index contributed by atoms with van der Waals surface area (Å²) < 4.78 is 1.64. The van der Waals surface area contributed by atoms with Crippen molar-refractivity contribution in [3.05, 3.63) is 18.2 Å². The molecule has 1 aromatic rings. The first kappa shape index (κ1) is 16.0. The molecule has 0 aliphatic carbocycles. The third-order valence-electron chi connectivity index (χ3n) is 3.70. The Morgan fingerprint density at radius 3 is 2.64 bits per heavy atom. The summed E-state index contributed by atoms with van der Waals surface area (Å²) in [5.41, 5.74) is 0.229. The van der Waals surface area contributed by atoms with Crippen molar-refractivity contribution in [3.8, 4) is 0 Å². The molecule has 8 nitrogen and oxygen atoms in total. The van der Waals surface area contributed by atoms with Crippen LogP contribution in [0.25, 0.3) is 0 Å². The molecule has 1 aromatic heterocycles. The second-order valence-electron chi connectivity index (χ2n) is 5.80. The summed E-state index contributed by atoms with van der Waals surface area (Å²) in [4.78, 5) is 41.0. The monoisotopic (exact) mass is 308 g/mol. The lowest BCUT2D eigenvalue weighted by Gasteiger charge is -2.27. The van der Waals surface area contributed by atoms with Crippen molar-refractivity contribution >= 4 is 17.8 Å². The lowest BCUT2D eigenvalue weighted by Crippen LogP contribution is -2.49. The summed E-state index contributed by atoms with van der Waals surface area (Å²) in [7, 11) is 1.74. The fourth-order valence-electron chi connectivity index (χ4n) is 2.65. The number of rotatable bonds is 5. The Bertz CT molecular complexity index is 595. The van der Waals surface area contributed by atoms with E-state index < -0.39 is 24.0 Å². The van der Waals surface area contributed by atoms with Crippen molar-refractivity contribution in [2.45, 2.75) is 32.4 Å². The van der Waals surface area contributed by atoms with Crippen LogP contribution in [0.5, 0.6) is 0 Å². The van der Waals surface area contributed by atoms with Gasteiger partial charge in [0.25, 0.3) is 5.91 Å². The second kappa shape index (κ2) is 6.17. The van der Waals surface area contributed by atoms with E-state index in [2.05, 4.69) is 10.3 Å². The van der Waals surface area contributed by atoms with Gasteiger partial charge >= 0.3 is 5.97 Å². The third-order valence-corrected chi connectivity index (χ3v) is 3.70. The maximum absolute atomic E-state index is 12.4. The molecule has 1 fully saturated rings. The van der Waals surface area contributed by atoms with E-state index in [1.54, 1.807) is 31.7 Å². The zero-order valence-corrected chi connectivity index (χ0v) is 12.8. The molecule has 0 spiro atoms. The Labute approximate surface area is 128 Å². The van der Waals surface area contributed by atoms with Crippen molar-refractivity contribution in [2.24, 2.45) is 13.0 Å². The van der Waals surface area contributed by atoms with Crippen molar-refractivity contribution in [3.63, 3.8) is 0 Å². The Kier molecular flexibility index (Phi) is 4.48. The molecule has 120 valence electrons. The molecule has 8 heteroatoms. The summed E-state index contributed by atoms with van der Waals surface area (Å²) >= 11 is 0. The molecule has 2 atom stereocenters. The molecular formula is C14H20N4O4. The van der Waals surface area contributed by atoms with Crippen LogP contribution >= 0.6 is 0 Å². The average molecular weight is 308 g/mol. The van der Waals surface area contributed by atoms with Crippen LogP contribution in [0.15, 0.2) is 12.5 Å². The largest absolute Gasteiger partial charge is 0.480 e. The van der Waals surface area contributed by atoms with E-state index in [4.69, 9.17) is 0 Å². The number of carboxylic acids is 1. The number of hydrogen-bond acceptors (Lipinski definition) is 4. The zero-order valence-electron chi connectivity index (χ0n) is 12.8. The third kappa shape index (κ3) is 3.10. The number of nitrogens with zero attached hydrogens (tertiary/aromatic N) is 3. The topological polar surface area (TPSA) is 105 Å². The SMILES string of the molecule is CC(C)C(C(=O)O)N1CCC(NC(=O)c2cn(C)cn2)C1=O. The number of hydrogen-bond donors (Lipinski definition) is 2. The number of carboxylic acid groups (broad SMARTS) is 1. The number of aryl methyl sites for hydroxylation is 1. The van der Waals surface area contributed by atoms with Gasteiger partial charge in [-0.15, -0.1) is 0 Å². The molecule has 2 heterocycles. The highest BCUT2D eigenvalue weighted by Gasteiger charge is 2.41. The highest BCUT2D eigenvalue weighted by Crippen LogP contribution is 2.20. The Morgan fingerprint density at radius 1 is 1.45 bits per heavy atom. The highest BCUT2D eigenvalue weighted by molar-refractivity contribution is 5.97. The Morgan fingerprint density at radius 2 is 2.14 bits per heavy atom. The van der Waals surface area contributed by atoms with E-state index in [0.717, 1.165) is 0 Å². The molecular weight excluding hydrogens is 288 g/mol. The molecule has 22 heavy (non-hydrogen) atoms. The van der Waals surface area contributed by atoms with Gasteiger partial charge in [0.15, 0.2) is 0 Å². The van der Waals surface area contributed by atoms with Gasteiger partial charge in [0, 0.05) is 19.8 Å². The van der Waals surface area contributed by atoms with Gasteiger partial charge in [-0.25, -0.2) is 9.78 Å². The van der Waals surface area contributed by atoms with Crippen molar-refractivity contribution in [1.29, 1.82) is 0 Å². The maximum atomic E-state index is 12.4. The molecule has 2 rings (SSSR count). The molecule has 1 aliphatic heterocycles. The quantitative estimate of drug-likeness (QED) is 0.788. The van der Waals surface area contributed by atoms with E-state index in [1.807, 2.05) is 0 Å². The first-order valence-electron chi connectivity index (χ1n) is 7.13. The molecule has 0 aromatic carbocycles. The van der Waals surface area contributed by atoms with Gasteiger partial charge in [0.2, 0.25) is 5.91 Å². The first-order chi connectivity index (χ1) is 10.3. The molecule has 2 unspecified atom stereocenters. The molecule has 0 radical (unpaired) electrons. The van der Waals surface area contributed by atoms with Crippen LogP contribution < -0.4 is 5.32 Å². The maximum Gasteiger partial charge on any atom is 0.326 e. The van der Waals surface area contributed by atoms with Crippen LogP contribution in [0.3, 0.4) is 0 Å². The van der Waals surface area contributed by atoms with E-state index in [9.17, 15) is 19.5 Å². The summed E-state index contributed by atoms with van der Waals surface area (Å²) in [6.45, 7) is 3.83. The molecule has 2 amide bonds. The second-order valence-corrected chi connectivity index (χ2v) is 5.80. The minimum Gasteiger partial charge on any atom is -0.480 e. The number of aliphatic carboxylic acids is 1. The number of aromatic nitrogens is 2. The molecule has 1 saturated heterocycles. The summed E-state index contributed by atoms with van der Waals surface area (Å²) in [5.74, 6) is -2.02. The van der Waals surface area contributed by atoms with Crippen LogP contribution in [0.2, 0.25) is 0 Å². The summed E-state index contributed by atoms with van der Waals surface area (Å²) in [6.07, 6.45) is 3.45. The first-order valence-corrected chi connectivity index (χ1v) is 7.13. The van der Waals surface area contributed by atoms with Crippen LogP contribution in [-0.2, 0) is 16.6 Å². The van der Waals surface area contributed by atoms with E-state index >= 15 is 0 Å². The summed E-state index contributed by atoms with van der Waals surface area (Å²) in [6, 6.07) is -1.57. The predicted octanol–water partition coefficient (Wildman–Crippen LogP) is -0.140. The Balaban J connectivity index is 2.05. The van der Waals surface area contributed by atoms with Gasteiger partial charge in [0.1, 0.15) is 17.8 Å². The van der Waals surface area contributed by atoms with Crippen LogP contribution in [0, 0.1) is 5.92 Å². The molecule has 2 N–H and O–H groups in total. The molecule has 1 aliphatic rings. The minimum absolute atomic E-state index is 0.202. The average Bonchev–Trinajstić information content (AvgIpc) is 2.99. The fourth-order valence-corrected chi connectivity index (χ4v) is 2.65. The smallest absolute Gasteiger partial charge is 0.326 e. The van der Waals surface area contributed by atoms with Crippen molar-refractivity contribution in [1.82, 2.24) is 19.8 Å². The van der Waals surface area contributed by atoms with Crippen LogP contribution in [0.1, 0.15) is 30.8 Å². The standard InChI is InChI=1S/C14H20N4O4/c1-8(2)11(14(21)22)18-5-4-9(13(18)20)16-12(19)10-6-17(3)7-15-10/h6-9,11H,4-5H2,1-3H3,(H,16,19)(H,21,22). The van der Waals surface area contributed by atoms with Gasteiger partial charge in [-0.1, -0.05) is 13.8 Å². The van der Waals surface area contributed by atoms with Crippen LogP contribution in [0.4, 0.5) is 0 Å². The van der Waals surface area contributed by atoms with Crippen molar-refractivity contribution in [2.75, 3.05) is 6.54 Å². The summed E-state index contributed by atoms with van der Waals surface area (Å²) in [5, 5.41) is 11.9.